The van der Waals surface area contributed by atoms with Crippen molar-refractivity contribution >= 4 is 27.8 Å². The molecule has 1 fully saturated rings. The van der Waals surface area contributed by atoms with Gasteiger partial charge in [0.1, 0.15) is 18.4 Å². The van der Waals surface area contributed by atoms with Crippen molar-refractivity contribution in [2.75, 3.05) is 18.9 Å². The Hall–Kier alpha value is -1.73. The van der Waals surface area contributed by atoms with Crippen LogP contribution >= 0.6 is 11.8 Å². The van der Waals surface area contributed by atoms with E-state index in [2.05, 4.69) is 16.7 Å². The van der Waals surface area contributed by atoms with Gasteiger partial charge >= 0.3 is 5.97 Å². The second-order valence-corrected chi connectivity index (χ2v) is 9.73. The van der Waals surface area contributed by atoms with Crippen LogP contribution in [-0.2, 0) is 19.7 Å². The van der Waals surface area contributed by atoms with Gasteiger partial charge in [-0.1, -0.05) is 5.92 Å². The van der Waals surface area contributed by atoms with Crippen LogP contribution in [0.2, 0.25) is 0 Å². The lowest BCUT2D eigenvalue weighted by Crippen LogP contribution is -2.59. The Labute approximate surface area is 158 Å². The van der Waals surface area contributed by atoms with Gasteiger partial charge in [-0.15, -0.1) is 5.92 Å². The Bertz CT molecular complexity index is 810. The van der Waals surface area contributed by atoms with Crippen molar-refractivity contribution in [2.24, 2.45) is 5.90 Å². The number of carbonyl (C=O) groups is 1. The number of benzene rings is 1. The number of ether oxygens (including phenoxy) is 1. The van der Waals surface area contributed by atoms with Gasteiger partial charge in [-0.2, -0.15) is 22.0 Å². The van der Waals surface area contributed by atoms with Crippen molar-refractivity contribution in [1.29, 1.82) is 0 Å². The summed E-state index contributed by atoms with van der Waals surface area (Å²) in [6.45, 7) is 5.73. The predicted octanol–water partition coefficient (Wildman–Crippen LogP) is 1.39. The number of nitrogens with two attached hydrogens (primary N) is 1. The molecule has 0 bridgehead atoms. The van der Waals surface area contributed by atoms with Gasteiger partial charge in [-0.05, 0) is 45.0 Å². The minimum absolute atomic E-state index is 0.0731. The molecule has 0 aliphatic carbocycles. The summed E-state index contributed by atoms with van der Waals surface area (Å²) in [5, 5.41) is 0. The van der Waals surface area contributed by atoms with Crippen molar-refractivity contribution < 1.29 is 22.8 Å². The molecule has 142 valence electrons. The fourth-order valence-corrected chi connectivity index (χ4v) is 5.80. The molecule has 7 nitrogen and oxygen atoms in total. The van der Waals surface area contributed by atoms with Crippen LogP contribution in [0.4, 0.5) is 0 Å². The highest BCUT2D eigenvalue weighted by Gasteiger charge is 2.49. The molecule has 2 N–H and O–H groups in total. The summed E-state index contributed by atoms with van der Waals surface area (Å²) in [5.41, 5.74) is 0. The lowest BCUT2D eigenvalue weighted by atomic mass is 10.0. The first kappa shape index (κ1) is 20.6. The van der Waals surface area contributed by atoms with Gasteiger partial charge in [0, 0.05) is 17.0 Å². The van der Waals surface area contributed by atoms with Crippen LogP contribution in [-0.4, -0.2) is 48.4 Å². The second-order valence-electron chi connectivity index (χ2n) is 6.09. The van der Waals surface area contributed by atoms with Gasteiger partial charge in [0.2, 0.25) is 10.0 Å². The number of hydrogen-bond donors (Lipinski definition) is 1. The van der Waals surface area contributed by atoms with E-state index in [4.69, 9.17) is 10.6 Å². The van der Waals surface area contributed by atoms with Crippen molar-refractivity contribution in [1.82, 2.24) is 4.31 Å². The van der Waals surface area contributed by atoms with Gasteiger partial charge < -0.3 is 9.57 Å². The van der Waals surface area contributed by atoms with Gasteiger partial charge in [0.25, 0.3) is 0 Å². The molecule has 0 aromatic heterocycles. The van der Waals surface area contributed by atoms with E-state index >= 15 is 0 Å². The fraction of sp³-hybridized carbons (Fsp3) is 0.471. The van der Waals surface area contributed by atoms with E-state index in [-0.39, 0.29) is 18.0 Å². The van der Waals surface area contributed by atoms with E-state index in [0.29, 0.717) is 11.5 Å². The summed E-state index contributed by atoms with van der Waals surface area (Å²) in [5.74, 6) is 10.8. The van der Waals surface area contributed by atoms with Crippen LogP contribution in [0.5, 0.6) is 5.75 Å². The lowest BCUT2D eigenvalue weighted by Gasteiger charge is -2.42. The summed E-state index contributed by atoms with van der Waals surface area (Å²) in [7, 11) is -3.90. The Kier molecular flexibility index (Phi) is 6.58. The third-order valence-corrected chi connectivity index (χ3v) is 7.22. The predicted molar refractivity (Wildman–Crippen MR) is 99.9 cm³/mol. The van der Waals surface area contributed by atoms with Gasteiger partial charge in [-0.25, -0.2) is 13.2 Å². The second kappa shape index (κ2) is 8.31. The molecule has 1 saturated heterocycles. The minimum Gasteiger partial charge on any atom is -0.481 e. The first-order valence-corrected chi connectivity index (χ1v) is 10.4. The molecule has 1 aromatic carbocycles. The third kappa shape index (κ3) is 4.32. The largest absolute Gasteiger partial charge is 0.481 e. The molecule has 0 radical (unpaired) electrons. The standard InChI is InChI=1S/C17H22N2O5S2/c1-4-5-11-23-13-6-8-14(9-7-13)26(21,22)19-10-12-25-17(2,3)15(19)16(20)24-18/h6-9,15H,10-12,18H2,1-3H3. The van der Waals surface area contributed by atoms with E-state index in [1.54, 1.807) is 32.9 Å². The van der Waals surface area contributed by atoms with Gasteiger partial charge in [-0.3, -0.25) is 0 Å². The van der Waals surface area contributed by atoms with E-state index in [1.165, 1.54) is 23.9 Å². The van der Waals surface area contributed by atoms with Crippen LogP contribution in [0.3, 0.4) is 0 Å². The smallest absolute Gasteiger partial charge is 0.344 e. The molecule has 1 unspecified atom stereocenters. The Morgan fingerprint density at radius 1 is 1.38 bits per heavy atom. The van der Waals surface area contributed by atoms with Crippen molar-refractivity contribution in [2.45, 2.75) is 36.5 Å². The quantitative estimate of drug-likeness (QED) is 0.591. The normalized spacial score (nSPS) is 19.9. The third-order valence-electron chi connectivity index (χ3n) is 3.99. The SMILES string of the molecule is CC#CCOc1ccc(S(=O)(=O)N2CCSC(C)(C)C2C(=O)ON)cc1. The first-order chi connectivity index (χ1) is 12.2. The molecule has 1 heterocycles. The van der Waals surface area contributed by atoms with Crippen molar-refractivity contribution in [3.8, 4) is 17.6 Å². The van der Waals surface area contributed by atoms with Crippen LogP contribution < -0.4 is 10.6 Å². The topological polar surface area (TPSA) is 98.9 Å². The van der Waals surface area contributed by atoms with E-state index in [0.717, 1.165) is 4.31 Å². The molecule has 9 heteroatoms. The number of thioether (sulfide) groups is 1. The van der Waals surface area contributed by atoms with Crippen molar-refractivity contribution in [3.63, 3.8) is 0 Å². The Morgan fingerprint density at radius 2 is 2.04 bits per heavy atom. The molecular formula is C17H22N2O5S2. The maximum absolute atomic E-state index is 13.1. The molecule has 1 aliphatic heterocycles. The summed E-state index contributed by atoms with van der Waals surface area (Å²) < 4.78 is 32.1. The summed E-state index contributed by atoms with van der Waals surface area (Å²) in [6.07, 6.45) is 0. The number of sulfonamides is 1. The van der Waals surface area contributed by atoms with Gasteiger partial charge in [0.05, 0.1) is 4.90 Å². The van der Waals surface area contributed by atoms with Crippen LogP contribution in [0.1, 0.15) is 20.8 Å². The van der Waals surface area contributed by atoms with E-state index < -0.39 is 26.8 Å². The maximum atomic E-state index is 13.1. The Morgan fingerprint density at radius 3 is 2.62 bits per heavy atom. The molecule has 26 heavy (non-hydrogen) atoms. The molecule has 1 atom stereocenters. The van der Waals surface area contributed by atoms with E-state index in [9.17, 15) is 13.2 Å². The minimum atomic E-state index is -3.90. The highest BCUT2D eigenvalue weighted by molar-refractivity contribution is 8.00. The van der Waals surface area contributed by atoms with E-state index in [1.807, 2.05) is 0 Å². The number of carbonyl (C=O) groups excluding carboxylic acids is 1. The Balaban J connectivity index is 2.31. The molecule has 0 spiro atoms. The average molecular weight is 399 g/mol. The number of hydrogen-bond acceptors (Lipinski definition) is 7. The molecule has 0 amide bonds. The van der Waals surface area contributed by atoms with Gasteiger partial charge in [0.15, 0.2) is 0 Å². The average Bonchev–Trinajstić information content (AvgIpc) is 2.61. The highest BCUT2D eigenvalue weighted by atomic mass is 32.2. The zero-order chi connectivity index (χ0) is 19.4. The lowest BCUT2D eigenvalue weighted by molar-refractivity contribution is -0.149. The van der Waals surface area contributed by atoms with Crippen LogP contribution in [0, 0.1) is 11.8 Å². The zero-order valence-corrected chi connectivity index (χ0v) is 16.5. The van der Waals surface area contributed by atoms with Crippen LogP contribution in [0.25, 0.3) is 0 Å². The molecule has 1 aromatic rings. The summed E-state index contributed by atoms with van der Waals surface area (Å²) >= 11 is 1.51. The monoisotopic (exact) mass is 398 g/mol. The summed E-state index contributed by atoms with van der Waals surface area (Å²) in [6, 6.07) is 5.01. The highest BCUT2D eigenvalue weighted by Crippen LogP contribution is 2.38. The molecule has 0 saturated carbocycles. The molecule has 1 aliphatic rings. The molecule has 2 rings (SSSR count). The molecular weight excluding hydrogens is 376 g/mol. The number of nitrogens with zero attached hydrogens (tertiary/aromatic N) is 1. The first-order valence-electron chi connectivity index (χ1n) is 7.93. The zero-order valence-electron chi connectivity index (χ0n) is 14.9. The van der Waals surface area contributed by atoms with Crippen LogP contribution in [0.15, 0.2) is 29.2 Å². The summed E-state index contributed by atoms with van der Waals surface area (Å²) in [4.78, 5) is 16.6. The maximum Gasteiger partial charge on any atom is 0.344 e. The fourth-order valence-electron chi connectivity index (χ4n) is 2.71. The van der Waals surface area contributed by atoms with Crippen molar-refractivity contribution in [3.05, 3.63) is 24.3 Å². The number of rotatable bonds is 5.